The molecule has 1 fully saturated rings. The van der Waals surface area contributed by atoms with E-state index in [1.165, 1.54) is 12.0 Å². The first-order chi connectivity index (χ1) is 7.27. The predicted octanol–water partition coefficient (Wildman–Crippen LogP) is 4.05. The van der Waals surface area contributed by atoms with Crippen LogP contribution in [0.3, 0.4) is 0 Å². The highest BCUT2D eigenvalue weighted by atomic mass is 14.4. The zero-order valence-electron chi connectivity index (χ0n) is 9.40. The fourth-order valence-corrected chi connectivity index (χ4v) is 3.24. The SMILES string of the molecule is C[C-]1CC2C=Cc3ccccc3C2C1C. The zero-order chi connectivity index (χ0) is 10.4. The van der Waals surface area contributed by atoms with Gasteiger partial charge in [0.15, 0.2) is 0 Å². The molecular weight excluding hydrogens is 180 g/mol. The lowest BCUT2D eigenvalue weighted by molar-refractivity contribution is 0.494. The summed E-state index contributed by atoms with van der Waals surface area (Å²) in [5.41, 5.74) is 3.00. The van der Waals surface area contributed by atoms with Gasteiger partial charge in [-0.05, 0) is 23.0 Å². The maximum atomic E-state index is 2.42. The molecule has 3 unspecified atom stereocenters. The molecule has 0 aromatic heterocycles. The molecule has 0 amide bonds. The first-order valence-corrected chi connectivity index (χ1v) is 5.87. The van der Waals surface area contributed by atoms with E-state index in [2.05, 4.69) is 50.3 Å². The van der Waals surface area contributed by atoms with Gasteiger partial charge in [-0.25, -0.2) is 0 Å². The molecule has 0 heterocycles. The molecule has 2 aliphatic carbocycles. The number of allylic oxidation sites excluding steroid dienone is 1. The van der Waals surface area contributed by atoms with Gasteiger partial charge in [0.25, 0.3) is 0 Å². The summed E-state index contributed by atoms with van der Waals surface area (Å²) in [7, 11) is 0. The number of hydrogen-bond acceptors (Lipinski definition) is 0. The molecule has 1 aromatic carbocycles. The summed E-state index contributed by atoms with van der Waals surface area (Å²) < 4.78 is 0. The molecule has 78 valence electrons. The predicted molar refractivity (Wildman–Crippen MR) is 64.4 cm³/mol. The van der Waals surface area contributed by atoms with Crippen molar-refractivity contribution in [2.75, 3.05) is 0 Å². The van der Waals surface area contributed by atoms with Crippen LogP contribution in [0.2, 0.25) is 0 Å². The number of hydrogen-bond donors (Lipinski definition) is 0. The Morgan fingerprint density at radius 2 is 2.07 bits per heavy atom. The van der Waals surface area contributed by atoms with E-state index in [1.54, 1.807) is 11.5 Å². The molecular formula is C15H17-. The second-order valence-corrected chi connectivity index (χ2v) is 5.02. The second-order valence-electron chi connectivity index (χ2n) is 5.02. The highest BCUT2D eigenvalue weighted by molar-refractivity contribution is 5.59. The maximum absolute atomic E-state index is 2.42. The molecule has 1 saturated carbocycles. The molecule has 0 nitrogen and oxygen atoms in total. The van der Waals surface area contributed by atoms with Gasteiger partial charge in [0, 0.05) is 0 Å². The van der Waals surface area contributed by atoms with Crippen LogP contribution < -0.4 is 0 Å². The molecule has 0 bridgehead atoms. The standard InChI is InChI=1S/C15H17/c1-10-9-13-8-7-12-5-3-4-6-14(12)15(13)11(10)2/h3-8,11,13,15H,9H2,1-2H3/q-1. The van der Waals surface area contributed by atoms with E-state index in [9.17, 15) is 0 Å². The van der Waals surface area contributed by atoms with Gasteiger partial charge in [0.1, 0.15) is 0 Å². The van der Waals surface area contributed by atoms with E-state index < -0.39 is 0 Å². The lowest BCUT2D eigenvalue weighted by atomic mass is 9.77. The molecule has 1 aromatic rings. The van der Waals surface area contributed by atoms with Crippen molar-refractivity contribution in [3.63, 3.8) is 0 Å². The molecule has 0 radical (unpaired) electrons. The van der Waals surface area contributed by atoms with E-state index in [-0.39, 0.29) is 0 Å². The Balaban J connectivity index is 2.10. The van der Waals surface area contributed by atoms with Gasteiger partial charge < -0.3 is 5.92 Å². The van der Waals surface area contributed by atoms with Gasteiger partial charge in [0.2, 0.25) is 0 Å². The average molecular weight is 197 g/mol. The van der Waals surface area contributed by atoms with Crippen LogP contribution in [-0.4, -0.2) is 0 Å². The van der Waals surface area contributed by atoms with Crippen molar-refractivity contribution >= 4 is 6.08 Å². The van der Waals surface area contributed by atoms with E-state index >= 15 is 0 Å². The summed E-state index contributed by atoms with van der Waals surface area (Å²) in [6, 6.07) is 8.86. The minimum Gasteiger partial charge on any atom is -0.313 e. The Morgan fingerprint density at radius 3 is 2.93 bits per heavy atom. The molecule has 0 spiro atoms. The van der Waals surface area contributed by atoms with Crippen molar-refractivity contribution in [2.24, 2.45) is 11.8 Å². The second kappa shape index (κ2) is 3.23. The molecule has 3 atom stereocenters. The first-order valence-electron chi connectivity index (χ1n) is 5.87. The summed E-state index contributed by atoms with van der Waals surface area (Å²) >= 11 is 0. The van der Waals surface area contributed by atoms with Crippen LogP contribution in [0.4, 0.5) is 0 Å². The van der Waals surface area contributed by atoms with Crippen LogP contribution in [0.15, 0.2) is 30.3 Å². The van der Waals surface area contributed by atoms with E-state index in [1.807, 2.05) is 0 Å². The monoisotopic (exact) mass is 197 g/mol. The third kappa shape index (κ3) is 1.27. The zero-order valence-corrected chi connectivity index (χ0v) is 9.40. The minimum atomic E-state index is 0.742. The van der Waals surface area contributed by atoms with Crippen LogP contribution in [0.25, 0.3) is 6.08 Å². The van der Waals surface area contributed by atoms with Gasteiger partial charge in [-0.2, -0.15) is 19.3 Å². The summed E-state index contributed by atoms with van der Waals surface area (Å²) in [5.74, 6) is 3.92. The van der Waals surface area contributed by atoms with Crippen LogP contribution in [0.1, 0.15) is 37.3 Å². The Bertz CT molecular complexity index is 402. The Kier molecular flexibility index (Phi) is 1.98. The Labute approximate surface area is 92.0 Å². The van der Waals surface area contributed by atoms with Crippen LogP contribution in [-0.2, 0) is 0 Å². The third-order valence-electron chi connectivity index (χ3n) is 4.21. The summed E-state index contributed by atoms with van der Waals surface area (Å²) in [4.78, 5) is 0. The number of fused-ring (bicyclic) bond motifs is 3. The van der Waals surface area contributed by atoms with E-state index in [0.717, 1.165) is 17.8 Å². The smallest absolute Gasteiger partial charge is 0.0225 e. The van der Waals surface area contributed by atoms with Gasteiger partial charge in [-0.15, -0.1) is 0 Å². The topological polar surface area (TPSA) is 0 Å². The minimum absolute atomic E-state index is 0.742. The Hall–Kier alpha value is -1.04. The van der Waals surface area contributed by atoms with Crippen LogP contribution in [0.5, 0.6) is 0 Å². The lowest BCUT2D eigenvalue weighted by Gasteiger charge is -2.32. The van der Waals surface area contributed by atoms with Crippen molar-refractivity contribution in [1.29, 1.82) is 0 Å². The maximum Gasteiger partial charge on any atom is -0.0225 e. The molecule has 0 N–H and O–H groups in total. The van der Waals surface area contributed by atoms with Gasteiger partial charge in [-0.3, -0.25) is 0 Å². The molecule has 3 rings (SSSR count). The highest BCUT2D eigenvalue weighted by Gasteiger charge is 2.32. The largest absolute Gasteiger partial charge is 0.313 e. The van der Waals surface area contributed by atoms with Gasteiger partial charge >= 0.3 is 0 Å². The third-order valence-corrected chi connectivity index (χ3v) is 4.21. The van der Waals surface area contributed by atoms with Gasteiger partial charge in [0.05, 0.1) is 0 Å². The lowest BCUT2D eigenvalue weighted by Crippen LogP contribution is -2.14. The van der Waals surface area contributed by atoms with Crippen molar-refractivity contribution < 1.29 is 0 Å². The van der Waals surface area contributed by atoms with Crippen LogP contribution >= 0.6 is 0 Å². The fraction of sp³-hybridized carbons (Fsp3) is 0.400. The highest BCUT2D eigenvalue weighted by Crippen LogP contribution is 2.51. The van der Waals surface area contributed by atoms with Crippen molar-refractivity contribution in [3.8, 4) is 0 Å². The fourth-order valence-electron chi connectivity index (χ4n) is 3.24. The van der Waals surface area contributed by atoms with Crippen molar-refractivity contribution in [3.05, 3.63) is 47.4 Å². The molecule has 15 heavy (non-hydrogen) atoms. The van der Waals surface area contributed by atoms with E-state index in [0.29, 0.717) is 0 Å². The van der Waals surface area contributed by atoms with Crippen LogP contribution in [0, 0.1) is 17.8 Å². The summed E-state index contributed by atoms with van der Waals surface area (Å²) in [6.45, 7) is 4.70. The molecule has 0 saturated heterocycles. The molecule has 2 aliphatic rings. The summed E-state index contributed by atoms with van der Waals surface area (Å²) in [5, 5.41) is 0. The first kappa shape index (κ1) is 9.21. The van der Waals surface area contributed by atoms with Gasteiger partial charge in [-0.1, -0.05) is 43.3 Å². The molecule has 0 aliphatic heterocycles. The van der Waals surface area contributed by atoms with Crippen molar-refractivity contribution in [1.82, 2.24) is 0 Å². The quantitative estimate of drug-likeness (QED) is 0.550. The number of rotatable bonds is 0. The van der Waals surface area contributed by atoms with E-state index in [4.69, 9.17) is 0 Å². The van der Waals surface area contributed by atoms with Crippen molar-refractivity contribution in [2.45, 2.75) is 26.2 Å². The normalized spacial score (nSPS) is 33.9. The number of benzene rings is 1. The average Bonchev–Trinajstić information content (AvgIpc) is 2.55. The summed E-state index contributed by atoms with van der Waals surface area (Å²) in [6.07, 6.45) is 6.01. The molecule has 0 heteroatoms. The Morgan fingerprint density at radius 1 is 1.27 bits per heavy atom.